The largest absolute Gasteiger partial charge is 0.445 e. The monoisotopic (exact) mass is 567 g/mol. The van der Waals surface area contributed by atoms with E-state index in [1.54, 1.807) is 12.1 Å². The van der Waals surface area contributed by atoms with Gasteiger partial charge in [-0.3, -0.25) is 19.2 Å². The fourth-order valence-electron chi connectivity index (χ4n) is 3.83. The van der Waals surface area contributed by atoms with E-state index in [9.17, 15) is 24.0 Å². The number of hydrogen-bond acceptors (Lipinski definition) is 8. The molecular formula is C28H33N5O6S. The van der Waals surface area contributed by atoms with Crippen molar-refractivity contribution in [1.29, 1.82) is 0 Å². The smallest absolute Gasteiger partial charge is 0.408 e. The summed E-state index contributed by atoms with van der Waals surface area (Å²) >= 11 is 1.18. The topological polar surface area (TPSA) is 170 Å². The summed E-state index contributed by atoms with van der Waals surface area (Å²) < 4.78 is 6.02. The zero-order valence-electron chi connectivity index (χ0n) is 22.3. The van der Waals surface area contributed by atoms with Gasteiger partial charge >= 0.3 is 6.09 Å². The molecule has 0 bridgehead atoms. The van der Waals surface area contributed by atoms with E-state index in [1.807, 2.05) is 56.3 Å². The summed E-state index contributed by atoms with van der Waals surface area (Å²) in [7, 11) is 0. The van der Waals surface area contributed by atoms with Gasteiger partial charge in [-0.25, -0.2) is 9.78 Å². The summed E-state index contributed by atoms with van der Waals surface area (Å²) in [6.07, 6.45) is -0.596. The van der Waals surface area contributed by atoms with Gasteiger partial charge in [0.25, 0.3) is 0 Å². The van der Waals surface area contributed by atoms with Gasteiger partial charge in [0.1, 0.15) is 12.6 Å². The first-order valence-electron chi connectivity index (χ1n) is 12.8. The van der Waals surface area contributed by atoms with Crippen LogP contribution in [0, 0.1) is 5.92 Å². The third kappa shape index (κ3) is 9.45. The zero-order valence-corrected chi connectivity index (χ0v) is 23.2. The lowest BCUT2D eigenvalue weighted by Gasteiger charge is -2.20. The average Bonchev–Trinajstić information content (AvgIpc) is 3.37. The van der Waals surface area contributed by atoms with E-state index in [4.69, 9.17) is 10.5 Å². The van der Waals surface area contributed by atoms with Crippen LogP contribution in [0.5, 0.6) is 0 Å². The van der Waals surface area contributed by atoms with Gasteiger partial charge in [0.2, 0.25) is 23.5 Å². The van der Waals surface area contributed by atoms with Crippen LogP contribution in [0.2, 0.25) is 0 Å². The fourth-order valence-corrected chi connectivity index (χ4v) is 4.79. The quantitative estimate of drug-likeness (QED) is 0.217. The molecule has 11 nitrogen and oxygen atoms in total. The van der Waals surface area contributed by atoms with Crippen LogP contribution >= 0.6 is 11.3 Å². The number of rotatable bonds is 14. The Morgan fingerprint density at radius 3 is 2.33 bits per heavy atom. The number of ether oxygens (including phenoxy) is 1. The average molecular weight is 568 g/mol. The molecule has 2 aromatic carbocycles. The molecule has 3 rings (SSSR count). The summed E-state index contributed by atoms with van der Waals surface area (Å²) in [4.78, 5) is 66.7. The zero-order chi connectivity index (χ0) is 29.1. The molecule has 12 heteroatoms. The Labute approximate surface area is 235 Å². The molecule has 0 radical (unpaired) electrons. The standard InChI is InChI=1S/C28H33N5O6S/c1-17(2)14-21(33-28(38)39-16-18-8-4-3-5-9-18)26(37)30-15-24(35)31-20(12-13-23(29)34)25(36)27-32-19-10-6-7-11-22(19)40-27/h3-11,17,20-21H,12-16H2,1-2H3,(H2,29,34)(H,30,37)(H,31,35)(H,33,38). The molecule has 0 saturated carbocycles. The maximum absolute atomic E-state index is 13.1. The maximum atomic E-state index is 13.1. The van der Waals surface area contributed by atoms with Gasteiger partial charge in [-0.15, -0.1) is 11.3 Å². The van der Waals surface area contributed by atoms with Gasteiger partial charge in [-0.2, -0.15) is 0 Å². The molecule has 212 valence electrons. The third-order valence-electron chi connectivity index (χ3n) is 5.79. The van der Waals surface area contributed by atoms with Crippen LogP contribution < -0.4 is 21.7 Å². The van der Waals surface area contributed by atoms with E-state index in [2.05, 4.69) is 20.9 Å². The lowest BCUT2D eigenvalue weighted by Crippen LogP contribution is -2.51. The van der Waals surface area contributed by atoms with Gasteiger partial charge in [0, 0.05) is 6.42 Å². The lowest BCUT2D eigenvalue weighted by atomic mass is 10.0. The normalized spacial score (nSPS) is 12.4. The number of ketones is 1. The first-order chi connectivity index (χ1) is 19.1. The molecule has 0 saturated heterocycles. The van der Waals surface area contributed by atoms with Crippen molar-refractivity contribution >= 4 is 51.2 Å². The van der Waals surface area contributed by atoms with Crippen molar-refractivity contribution in [2.45, 2.75) is 51.8 Å². The molecule has 2 unspecified atom stereocenters. The predicted octanol–water partition coefficient (Wildman–Crippen LogP) is 2.69. The van der Waals surface area contributed by atoms with Crippen molar-refractivity contribution in [3.05, 3.63) is 65.2 Å². The maximum Gasteiger partial charge on any atom is 0.408 e. The Balaban J connectivity index is 1.58. The van der Waals surface area contributed by atoms with Crippen molar-refractivity contribution in [2.75, 3.05) is 6.54 Å². The molecule has 0 aliphatic rings. The molecule has 0 aliphatic carbocycles. The molecule has 1 aromatic heterocycles. The van der Waals surface area contributed by atoms with Crippen LogP contribution in [-0.2, 0) is 25.7 Å². The number of hydrogen-bond donors (Lipinski definition) is 4. The lowest BCUT2D eigenvalue weighted by molar-refractivity contribution is -0.127. The van der Waals surface area contributed by atoms with Crippen LogP contribution in [0.3, 0.4) is 0 Å². The number of nitrogens with two attached hydrogens (primary N) is 1. The first kappa shape index (κ1) is 30.2. The highest BCUT2D eigenvalue weighted by molar-refractivity contribution is 7.20. The molecule has 0 spiro atoms. The van der Waals surface area contributed by atoms with Crippen LogP contribution in [0.4, 0.5) is 4.79 Å². The number of carbonyl (C=O) groups excluding carboxylic acids is 5. The number of para-hydroxylation sites is 1. The number of fused-ring (bicyclic) bond motifs is 1. The SMILES string of the molecule is CC(C)CC(NC(=O)OCc1ccccc1)C(=O)NCC(=O)NC(CCC(N)=O)C(=O)c1nc2ccccc2s1. The summed E-state index contributed by atoms with van der Waals surface area (Å²) in [5, 5.41) is 7.81. The number of alkyl carbamates (subject to hydrolysis) is 1. The molecule has 0 aliphatic heterocycles. The van der Waals surface area contributed by atoms with Gasteiger partial charge in [-0.1, -0.05) is 56.3 Å². The second-order valence-corrected chi connectivity index (χ2v) is 10.6. The molecule has 4 amide bonds. The number of aromatic nitrogens is 1. The van der Waals surface area contributed by atoms with Crippen LogP contribution in [0.1, 0.15) is 48.5 Å². The minimum absolute atomic E-state index is 0.0193. The Hall–Kier alpha value is -4.32. The van der Waals surface area contributed by atoms with Crippen molar-refractivity contribution in [3.63, 3.8) is 0 Å². The van der Waals surface area contributed by atoms with E-state index in [0.717, 1.165) is 10.3 Å². The van der Waals surface area contributed by atoms with Gasteiger partial charge in [0.05, 0.1) is 22.8 Å². The number of amides is 4. The van der Waals surface area contributed by atoms with Crippen molar-refractivity contribution in [3.8, 4) is 0 Å². The minimum atomic E-state index is -1.06. The number of thiazole rings is 1. The van der Waals surface area contributed by atoms with E-state index in [-0.39, 0.29) is 30.4 Å². The number of primary amides is 1. The molecule has 40 heavy (non-hydrogen) atoms. The first-order valence-corrected chi connectivity index (χ1v) is 13.7. The minimum Gasteiger partial charge on any atom is -0.445 e. The Bertz CT molecular complexity index is 1310. The summed E-state index contributed by atoms with van der Waals surface area (Å²) in [5.74, 6) is -2.24. The number of carbonyl (C=O) groups is 5. The van der Waals surface area contributed by atoms with E-state index >= 15 is 0 Å². The summed E-state index contributed by atoms with van der Waals surface area (Å²) in [6.45, 7) is 3.37. The summed E-state index contributed by atoms with van der Waals surface area (Å²) in [5.41, 5.74) is 6.70. The van der Waals surface area contributed by atoms with Crippen molar-refractivity contribution in [2.24, 2.45) is 11.7 Å². The Morgan fingerprint density at radius 2 is 1.65 bits per heavy atom. The highest BCUT2D eigenvalue weighted by atomic mass is 32.1. The number of benzene rings is 2. The second kappa shape index (κ2) is 14.7. The van der Waals surface area contributed by atoms with E-state index in [1.165, 1.54) is 11.3 Å². The molecular weight excluding hydrogens is 534 g/mol. The van der Waals surface area contributed by atoms with Gasteiger partial charge in [-0.05, 0) is 36.5 Å². The van der Waals surface area contributed by atoms with Crippen LogP contribution in [0.15, 0.2) is 54.6 Å². The Morgan fingerprint density at radius 1 is 0.950 bits per heavy atom. The van der Waals surface area contributed by atoms with E-state index in [0.29, 0.717) is 11.9 Å². The molecule has 2 atom stereocenters. The van der Waals surface area contributed by atoms with Crippen LogP contribution in [0.25, 0.3) is 10.2 Å². The predicted molar refractivity (Wildman–Crippen MR) is 150 cm³/mol. The number of nitrogens with one attached hydrogen (secondary N) is 3. The summed E-state index contributed by atoms with van der Waals surface area (Å²) in [6, 6.07) is 14.3. The third-order valence-corrected chi connectivity index (χ3v) is 6.84. The Kier molecular flexibility index (Phi) is 11.1. The van der Waals surface area contributed by atoms with Crippen molar-refractivity contribution < 1.29 is 28.7 Å². The number of Topliss-reactive ketones (excluding diaryl/α,β-unsaturated/α-hetero) is 1. The molecule has 3 aromatic rings. The van der Waals surface area contributed by atoms with Crippen LogP contribution in [-0.4, -0.2) is 53.2 Å². The highest BCUT2D eigenvalue weighted by Crippen LogP contribution is 2.23. The number of nitrogens with zero attached hydrogens (tertiary/aromatic N) is 1. The van der Waals surface area contributed by atoms with Crippen molar-refractivity contribution in [1.82, 2.24) is 20.9 Å². The molecule has 5 N–H and O–H groups in total. The second-order valence-electron chi connectivity index (χ2n) is 9.58. The van der Waals surface area contributed by atoms with Gasteiger partial charge in [0.15, 0.2) is 5.01 Å². The van der Waals surface area contributed by atoms with Gasteiger partial charge < -0.3 is 26.4 Å². The van der Waals surface area contributed by atoms with E-state index < -0.39 is 48.2 Å². The molecule has 1 heterocycles. The highest BCUT2D eigenvalue weighted by Gasteiger charge is 2.27. The molecule has 0 fully saturated rings. The fraction of sp³-hybridized carbons (Fsp3) is 0.357.